The van der Waals surface area contributed by atoms with Crippen molar-refractivity contribution in [1.29, 1.82) is 0 Å². The molecule has 1 unspecified atom stereocenters. The molecule has 6 heteroatoms. The van der Waals surface area contributed by atoms with Crippen molar-refractivity contribution >= 4 is 12.0 Å². The largest absolute Gasteiger partial charge is 0.456 e. The number of fused-ring (bicyclic) bond motifs is 3. The van der Waals surface area contributed by atoms with E-state index in [4.69, 9.17) is 14.2 Å². The topological polar surface area (TPSA) is 88.5 Å². The zero-order chi connectivity index (χ0) is 26.4. The minimum atomic E-state index is -1.02. The number of cyclic esters (lactones) is 1. The van der Waals surface area contributed by atoms with E-state index in [-0.39, 0.29) is 24.4 Å². The first-order chi connectivity index (χ1) is 17.8. The number of aliphatic hydroxyl groups is 2. The van der Waals surface area contributed by atoms with Crippen LogP contribution in [0.25, 0.3) is 6.08 Å². The minimum Gasteiger partial charge on any atom is -0.456 e. The van der Waals surface area contributed by atoms with Crippen LogP contribution in [-0.2, 0) is 19.0 Å². The van der Waals surface area contributed by atoms with Gasteiger partial charge in [-0.25, -0.2) is 4.79 Å². The fourth-order valence-electron chi connectivity index (χ4n) is 5.30. The van der Waals surface area contributed by atoms with Crippen molar-refractivity contribution in [3.63, 3.8) is 0 Å². The SMILES string of the molecule is C=C1C[C@H](C)C[C@@H]2CC=C[C@@H](C/C=C\C(=O)OC([C@@H](O)/C=C/c3cccc(C)c3)C[C@@H]3O[C@H]3[C@@H](O)C1)O2. The van der Waals surface area contributed by atoms with Crippen LogP contribution in [0.1, 0.15) is 56.6 Å². The van der Waals surface area contributed by atoms with Gasteiger partial charge in [-0.15, -0.1) is 0 Å². The molecule has 0 spiro atoms. The summed E-state index contributed by atoms with van der Waals surface area (Å²) in [5.74, 6) is -0.137. The molecule has 1 aromatic carbocycles. The third kappa shape index (κ3) is 8.50. The molecule has 0 amide bonds. The molecule has 8 atom stereocenters. The number of ether oxygens (including phenoxy) is 3. The zero-order valence-corrected chi connectivity index (χ0v) is 21.9. The van der Waals surface area contributed by atoms with Gasteiger partial charge in [0.1, 0.15) is 18.3 Å². The van der Waals surface area contributed by atoms with Crippen molar-refractivity contribution < 1.29 is 29.2 Å². The molecule has 1 fully saturated rings. The third-order valence-electron chi connectivity index (χ3n) is 7.18. The van der Waals surface area contributed by atoms with E-state index in [1.165, 1.54) is 6.08 Å². The predicted octanol–water partition coefficient (Wildman–Crippen LogP) is 4.84. The first kappa shape index (κ1) is 27.5. The third-order valence-corrected chi connectivity index (χ3v) is 7.18. The summed E-state index contributed by atoms with van der Waals surface area (Å²) < 4.78 is 17.7. The minimum absolute atomic E-state index is 0.0850. The van der Waals surface area contributed by atoms with Crippen LogP contribution in [0.3, 0.4) is 0 Å². The van der Waals surface area contributed by atoms with Gasteiger partial charge in [0.2, 0.25) is 0 Å². The maximum atomic E-state index is 12.6. The van der Waals surface area contributed by atoms with E-state index in [9.17, 15) is 15.0 Å². The second kappa shape index (κ2) is 12.8. The van der Waals surface area contributed by atoms with Gasteiger partial charge in [-0.3, -0.25) is 0 Å². The van der Waals surface area contributed by atoms with Crippen LogP contribution in [0, 0.1) is 12.8 Å². The van der Waals surface area contributed by atoms with Gasteiger partial charge in [-0.1, -0.05) is 79.3 Å². The molecule has 1 saturated heterocycles. The Hall–Kier alpha value is -2.51. The Morgan fingerprint density at radius 3 is 2.78 bits per heavy atom. The quantitative estimate of drug-likeness (QED) is 0.345. The summed E-state index contributed by atoms with van der Waals surface area (Å²) in [7, 11) is 0. The fourth-order valence-corrected chi connectivity index (χ4v) is 5.30. The van der Waals surface area contributed by atoms with Gasteiger partial charge in [-0.2, -0.15) is 0 Å². The lowest BCUT2D eigenvalue weighted by Crippen LogP contribution is -2.32. The molecule has 4 rings (SSSR count). The first-order valence-electron chi connectivity index (χ1n) is 13.4. The van der Waals surface area contributed by atoms with E-state index in [1.807, 2.05) is 43.3 Å². The maximum Gasteiger partial charge on any atom is 0.330 e. The summed E-state index contributed by atoms with van der Waals surface area (Å²) in [6.45, 7) is 8.39. The fraction of sp³-hybridized carbons (Fsp3) is 0.516. The molecule has 200 valence electrons. The lowest BCUT2D eigenvalue weighted by Gasteiger charge is -2.28. The molecule has 3 aliphatic heterocycles. The van der Waals surface area contributed by atoms with Crippen LogP contribution in [0.5, 0.6) is 0 Å². The number of hydrogen-bond donors (Lipinski definition) is 2. The molecule has 2 N–H and O–H groups in total. The molecule has 37 heavy (non-hydrogen) atoms. The first-order valence-corrected chi connectivity index (χ1v) is 13.4. The van der Waals surface area contributed by atoms with Crippen LogP contribution in [0.2, 0.25) is 0 Å². The van der Waals surface area contributed by atoms with E-state index in [2.05, 4.69) is 19.6 Å². The zero-order valence-electron chi connectivity index (χ0n) is 21.9. The molecule has 6 nitrogen and oxygen atoms in total. The Morgan fingerprint density at radius 2 is 1.97 bits per heavy atom. The van der Waals surface area contributed by atoms with Gasteiger partial charge >= 0.3 is 5.97 Å². The highest BCUT2D eigenvalue weighted by atomic mass is 16.6. The van der Waals surface area contributed by atoms with Gasteiger partial charge < -0.3 is 24.4 Å². The molecule has 0 radical (unpaired) electrons. The smallest absolute Gasteiger partial charge is 0.330 e. The average molecular weight is 509 g/mol. The van der Waals surface area contributed by atoms with Gasteiger partial charge in [-0.05, 0) is 50.5 Å². The van der Waals surface area contributed by atoms with E-state index in [0.717, 1.165) is 36.0 Å². The van der Waals surface area contributed by atoms with E-state index in [1.54, 1.807) is 12.2 Å². The van der Waals surface area contributed by atoms with Crippen LogP contribution in [-0.4, -0.2) is 58.9 Å². The van der Waals surface area contributed by atoms with E-state index in [0.29, 0.717) is 25.2 Å². The number of epoxide rings is 1. The van der Waals surface area contributed by atoms with Crippen LogP contribution < -0.4 is 0 Å². The van der Waals surface area contributed by atoms with Crippen molar-refractivity contribution in [1.82, 2.24) is 0 Å². The number of aryl methyl sites for hydroxylation is 1. The van der Waals surface area contributed by atoms with Crippen molar-refractivity contribution in [3.8, 4) is 0 Å². The van der Waals surface area contributed by atoms with E-state index < -0.39 is 24.3 Å². The molecule has 3 heterocycles. The number of rotatable bonds is 3. The molecular formula is C31H40O6. The standard InChI is InChI=1S/C31H40O6/c1-20-7-4-8-23(16-20)13-14-26(32)28-19-29-31(37-29)27(33)18-22(3)15-21(2)17-25-11-5-9-24(35-25)10-6-12-30(34)36-28/h4-9,12-14,16,21,24-29,31-33H,3,10-11,15,17-19H2,1-2H3/b12-6-,14-13+/t21-,24-,25-,26-,27-,28?,29-,31-/m0/s1. The van der Waals surface area contributed by atoms with Crippen molar-refractivity contribution in [2.45, 2.75) is 95.1 Å². The molecule has 0 aromatic heterocycles. The summed E-state index contributed by atoms with van der Waals surface area (Å²) in [5, 5.41) is 21.7. The molecular weight excluding hydrogens is 468 g/mol. The second-order valence-corrected chi connectivity index (χ2v) is 10.8. The highest BCUT2D eigenvalue weighted by Crippen LogP contribution is 2.34. The maximum absolute atomic E-state index is 12.6. The monoisotopic (exact) mass is 508 g/mol. The lowest BCUT2D eigenvalue weighted by atomic mass is 9.91. The molecule has 0 saturated carbocycles. The summed E-state index contributed by atoms with van der Waals surface area (Å²) >= 11 is 0. The number of hydrogen-bond acceptors (Lipinski definition) is 6. The van der Waals surface area contributed by atoms with Crippen LogP contribution >= 0.6 is 0 Å². The number of esters is 1. The highest BCUT2D eigenvalue weighted by molar-refractivity contribution is 5.82. The Balaban J connectivity index is 1.47. The number of aliphatic hydroxyl groups excluding tert-OH is 2. The summed E-state index contributed by atoms with van der Waals surface area (Å²) in [5.41, 5.74) is 3.06. The highest BCUT2D eigenvalue weighted by Gasteiger charge is 2.46. The van der Waals surface area contributed by atoms with Crippen molar-refractivity contribution in [2.75, 3.05) is 0 Å². The average Bonchev–Trinajstić information content (AvgIpc) is 3.61. The molecule has 1 aromatic rings. The van der Waals surface area contributed by atoms with Gasteiger partial charge in [0, 0.05) is 12.5 Å². The number of carbonyl (C=O) groups excluding carboxylic acids is 1. The normalized spacial score (nSPS) is 35.2. The second-order valence-electron chi connectivity index (χ2n) is 10.8. The lowest BCUT2D eigenvalue weighted by molar-refractivity contribution is -0.147. The Labute approximate surface area is 220 Å². The van der Waals surface area contributed by atoms with Gasteiger partial charge in [0.25, 0.3) is 0 Å². The predicted molar refractivity (Wildman–Crippen MR) is 144 cm³/mol. The molecule has 3 aliphatic rings. The summed E-state index contributed by atoms with van der Waals surface area (Å²) in [6.07, 6.45) is 11.6. The number of benzene rings is 1. The van der Waals surface area contributed by atoms with E-state index >= 15 is 0 Å². The summed E-state index contributed by atoms with van der Waals surface area (Å²) in [6, 6.07) is 7.92. The molecule has 2 bridgehead atoms. The Morgan fingerprint density at radius 1 is 1.14 bits per heavy atom. The molecule has 0 aliphatic carbocycles. The van der Waals surface area contributed by atoms with Gasteiger partial charge in [0.15, 0.2) is 0 Å². The van der Waals surface area contributed by atoms with Crippen molar-refractivity contribution in [2.24, 2.45) is 5.92 Å². The number of carbonyl (C=O) groups is 1. The Kier molecular flexibility index (Phi) is 9.54. The Bertz CT molecular complexity index is 1030. The van der Waals surface area contributed by atoms with Crippen LogP contribution in [0.15, 0.2) is 66.8 Å². The van der Waals surface area contributed by atoms with Gasteiger partial charge in [0.05, 0.1) is 24.4 Å². The summed E-state index contributed by atoms with van der Waals surface area (Å²) in [4.78, 5) is 12.6. The van der Waals surface area contributed by atoms with Crippen LogP contribution in [0.4, 0.5) is 0 Å². The van der Waals surface area contributed by atoms with Crippen molar-refractivity contribution in [3.05, 3.63) is 77.9 Å².